The molecule has 0 amide bonds. The molecular weight excluding hydrogens is 396 g/mol. The molecule has 0 radical (unpaired) electrons. The fraction of sp³-hybridized carbons (Fsp3) is 0.231. The first kappa shape index (κ1) is 20.1. The van der Waals surface area contributed by atoms with E-state index < -0.39 is 0 Å². The normalized spacial score (nSPS) is 14.5. The molecule has 5 rings (SSSR count). The Morgan fingerprint density at radius 1 is 0.906 bits per heavy atom. The van der Waals surface area contributed by atoms with Crippen LogP contribution in [0.5, 0.6) is 0 Å². The first-order valence-electron chi connectivity index (χ1n) is 10.9. The predicted molar refractivity (Wildman–Crippen MR) is 122 cm³/mol. The lowest BCUT2D eigenvalue weighted by atomic mass is 9.95. The average molecular weight is 421 g/mol. The molecule has 1 atom stereocenters. The molecule has 0 aliphatic carbocycles. The van der Waals surface area contributed by atoms with Gasteiger partial charge in [0, 0.05) is 19.6 Å². The topological polar surface area (TPSA) is 70.6 Å². The van der Waals surface area contributed by atoms with E-state index in [4.69, 9.17) is 0 Å². The second-order valence-corrected chi connectivity index (χ2v) is 8.12. The molecule has 2 heterocycles. The minimum atomic E-state index is -0.0816. The van der Waals surface area contributed by atoms with Gasteiger partial charge in [0.25, 0.3) is 0 Å². The van der Waals surface area contributed by atoms with E-state index >= 15 is 0 Å². The van der Waals surface area contributed by atoms with Crippen LogP contribution < -0.4 is 0 Å². The maximum atomic E-state index is 9.23. The number of nitriles is 1. The Morgan fingerprint density at radius 3 is 2.44 bits per heavy atom. The highest BCUT2D eigenvalue weighted by Crippen LogP contribution is 2.32. The second kappa shape index (κ2) is 9.13. The lowest BCUT2D eigenvalue weighted by Gasteiger charge is -2.35. The molecule has 0 spiro atoms. The molecule has 0 fully saturated rings. The second-order valence-electron chi connectivity index (χ2n) is 8.12. The number of benzene rings is 3. The van der Waals surface area contributed by atoms with Crippen molar-refractivity contribution in [2.75, 3.05) is 6.54 Å². The molecular formula is C26H24N6. The third-order valence-corrected chi connectivity index (χ3v) is 6.14. The number of aromatic nitrogens is 4. The molecule has 6 heteroatoms. The van der Waals surface area contributed by atoms with Gasteiger partial charge in [0.1, 0.15) is 0 Å². The molecule has 32 heavy (non-hydrogen) atoms. The molecule has 0 N–H and O–H groups in total. The van der Waals surface area contributed by atoms with Crippen LogP contribution in [0.2, 0.25) is 0 Å². The van der Waals surface area contributed by atoms with Gasteiger partial charge < -0.3 is 0 Å². The Hall–Kier alpha value is -3.82. The van der Waals surface area contributed by atoms with Crippen molar-refractivity contribution in [3.63, 3.8) is 0 Å². The lowest BCUT2D eigenvalue weighted by Crippen LogP contribution is -2.36. The van der Waals surface area contributed by atoms with Crippen molar-refractivity contribution < 1.29 is 0 Å². The Balaban J connectivity index is 1.48. The molecule has 1 aliphatic rings. The van der Waals surface area contributed by atoms with Gasteiger partial charge in [-0.05, 0) is 57.7 Å². The first-order valence-corrected chi connectivity index (χ1v) is 10.9. The van der Waals surface area contributed by atoms with Crippen LogP contribution in [0, 0.1) is 11.3 Å². The minimum absolute atomic E-state index is 0.0816. The van der Waals surface area contributed by atoms with Crippen LogP contribution in [-0.4, -0.2) is 31.7 Å². The van der Waals surface area contributed by atoms with Gasteiger partial charge >= 0.3 is 0 Å². The molecule has 6 nitrogen and oxygen atoms in total. The highest BCUT2D eigenvalue weighted by molar-refractivity contribution is 5.36. The highest BCUT2D eigenvalue weighted by atomic mass is 15.5. The summed E-state index contributed by atoms with van der Waals surface area (Å²) in [6, 6.07) is 29.0. The number of fused-ring (bicyclic) bond motifs is 1. The van der Waals surface area contributed by atoms with Gasteiger partial charge in [0.2, 0.25) is 0 Å². The van der Waals surface area contributed by atoms with Crippen molar-refractivity contribution in [1.29, 1.82) is 5.26 Å². The van der Waals surface area contributed by atoms with Crippen molar-refractivity contribution in [1.82, 2.24) is 25.1 Å². The summed E-state index contributed by atoms with van der Waals surface area (Å²) in [6.45, 7) is 2.48. The zero-order valence-electron chi connectivity index (χ0n) is 17.8. The smallest absolute Gasteiger partial charge is 0.173 e. The van der Waals surface area contributed by atoms with E-state index in [1.54, 1.807) is 0 Å². The van der Waals surface area contributed by atoms with Crippen LogP contribution in [0.4, 0.5) is 0 Å². The van der Waals surface area contributed by atoms with E-state index in [1.807, 2.05) is 35.0 Å². The largest absolute Gasteiger partial charge is 0.285 e. The number of hydrogen-bond donors (Lipinski definition) is 0. The third kappa shape index (κ3) is 4.16. The van der Waals surface area contributed by atoms with Crippen molar-refractivity contribution >= 4 is 0 Å². The maximum absolute atomic E-state index is 9.23. The summed E-state index contributed by atoms with van der Waals surface area (Å²) in [5.74, 6) is 0.838. The van der Waals surface area contributed by atoms with E-state index in [9.17, 15) is 5.26 Å². The number of aryl methyl sites for hydroxylation is 2. The van der Waals surface area contributed by atoms with Gasteiger partial charge in [0.05, 0.1) is 17.7 Å². The molecule has 0 bridgehead atoms. The van der Waals surface area contributed by atoms with Gasteiger partial charge in [-0.2, -0.15) is 5.26 Å². The maximum Gasteiger partial charge on any atom is 0.173 e. The summed E-state index contributed by atoms with van der Waals surface area (Å²) in [5.41, 5.74) is 5.77. The zero-order chi connectivity index (χ0) is 21.8. The van der Waals surface area contributed by atoms with Gasteiger partial charge in [-0.1, -0.05) is 66.7 Å². The first-order chi connectivity index (χ1) is 15.8. The lowest BCUT2D eigenvalue weighted by molar-refractivity contribution is 0.194. The summed E-state index contributed by atoms with van der Waals surface area (Å²) in [7, 11) is 0. The summed E-state index contributed by atoms with van der Waals surface area (Å²) in [4.78, 5) is 2.44. The van der Waals surface area contributed by atoms with E-state index in [0.717, 1.165) is 37.3 Å². The van der Waals surface area contributed by atoms with Gasteiger partial charge in [-0.3, -0.25) is 4.90 Å². The molecule has 1 unspecified atom stereocenters. The average Bonchev–Trinajstić information content (AvgIpc) is 3.32. The Labute approximate surface area is 187 Å². The van der Waals surface area contributed by atoms with Crippen LogP contribution in [0.15, 0.2) is 78.9 Å². The monoisotopic (exact) mass is 420 g/mol. The molecule has 1 aromatic heterocycles. The Kier molecular flexibility index (Phi) is 5.73. The standard InChI is InChI=1S/C26H24N6/c27-18-21-10-12-23(13-11-21)25(31-16-15-22-8-4-5-9-24(22)19-31)26-28-29-30-32(26)17-14-20-6-2-1-3-7-20/h1-13,25H,14-17,19H2. The van der Waals surface area contributed by atoms with Crippen LogP contribution in [0.3, 0.4) is 0 Å². The Morgan fingerprint density at radius 2 is 1.66 bits per heavy atom. The van der Waals surface area contributed by atoms with E-state index in [1.165, 1.54) is 16.7 Å². The van der Waals surface area contributed by atoms with Crippen molar-refractivity contribution in [3.8, 4) is 6.07 Å². The van der Waals surface area contributed by atoms with E-state index in [0.29, 0.717) is 12.1 Å². The third-order valence-electron chi connectivity index (χ3n) is 6.14. The van der Waals surface area contributed by atoms with Crippen molar-refractivity contribution in [3.05, 3.63) is 113 Å². The fourth-order valence-corrected chi connectivity index (χ4v) is 4.45. The minimum Gasteiger partial charge on any atom is -0.285 e. The van der Waals surface area contributed by atoms with Gasteiger partial charge in [0.15, 0.2) is 5.82 Å². The fourth-order valence-electron chi connectivity index (χ4n) is 4.45. The number of nitrogens with zero attached hydrogens (tertiary/aromatic N) is 6. The number of rotatable bonds is 6. The molecule has 4 aromatic rings. The van der Waals surface area contributed by atoms with Crippen LogP contribution >= 0.6 is 0 Å². The summed E-state index contributed by atoms with van der Waals surface area (Å²) < 4.78 is 1.93. The molecule has 0 saturated carbocycles. The summed E-state index contributed by atoms with van der Waals surface area (Å²) in [5, 5.41) is 22.1. The number of tetrazole rings is 1. The Bertz CT molecular complexity index is 1220. The SMILES string of the molecule is N#Cc1ccc(C(c2nnnn2CCc2ccccc2)N2CCc3ccccc3C2)cc1. The van der Waals surface area contributed by atoms with Gasteiger partial charge in [-0.15, -0.1) is 5.10 Å². The van der Waals surface area contributed by atoms with Gasteiger partial charge in [-0.25, -0.2) is 4.68 Å². The molecule has 158 valence electrons. The van der Waals surface area contributed by atoms with E-state index in [2.05, 4.69) is 75.0 Å². The molecule has 3 aromatic carbocycles. The highest BCUT2D eigenvalue weighted by Gasteiger charge is 2.30. The molecule has 0 saturated heterocycles. The van der Waals surface area contributed by atoms with Crippen LogP contribution in [0.1, 0.15) is 39.7 Å². The molecule has 1 aliphatic heterocycles. The summed E-state index contributed by atoms with van der Waals surface area (Å²) >= 11 is 0. The van der Waals surface area contributed by atoms with Crippen molar-refractivity contribution in [2.24, 2.45) is 0 Å². The zero-order valence-corrected chi connectivity index (χ0v) is 17.8. The quantitative estimate of drug-likeness (QED) is 0.473. The van der Waals surface area contributed by atoms with Crippen LogP contribution in [-0.2, 0) is 25.9 Å². The predicted octanol–water partition coefficient (Wildman–Crippen LogP) is 3.94. The van der Waals surface area contributed by atoms with Crippen LogP contribution in [0.25, 0.3) is 0 Å². The van der Waals surface area contributed by atoms with Crippen molar-refractivity contribution in [2.45, 2.75) is 32.0 Å². The number of hydrogen-bond acceptors (Lipinski definition) is 5. The van der Waals surface area contributed by atoms with E-state index in [-0.39, 0.29) is 6.04 Å². The summed E-state index contributed by atoms with van der Waals surface area (Å²) in [6.07, 6.45) is 1.86.